The minimum Gasteiger partial charge on any atom is -0.479 e. The maximum atomic E-state index is 9.39. The first-order valence-electron chi connectivity index (χ1n) is 7.59. The highest BCUT2D eigenvalue weighted by Gasteiger charge is 2.44. The molecule has 2 N–H and O–H groups in total. The minimum absolute atomic E-state index is 0.271. The van der Waals surface area contributed by atoms with Crippen LogP contribution >= 0.6 is 0 Å². The van der Waals surface area contributed by atoms with E-state index in [1.165, 1.54) is 6.42 Å². The molecule has 5 nitrogen and oxygen atoms in total. The van der Waals surface area contributed by atoms with E-state index in [4.69, 9.17) is 10.5 Å². The molecule has 1 fully saturated rings. The van der Waals surface area contributed by atoms with Crippen LogP contribution in [0.3, 0.4) is 0 Å². The van der Waals surface area contributed by atoms with E-state index in [2.05, 4.69) is 16.0 Å². The molecule has 0 radical (unpaired) electrons. The third-order valence-corrected chi connectivity index (χ3v) is 4.62. The van der Waals surface area contributed by atoms with Crippen LogP contribution in [0.2, 0.25) is 0 Å². The number of hydrogen-bond donors (Lipinski definition) is 1. The number of rotatable bonds is 0. The molecule has 1 saturated carbocycles. The lowest BCUT2D eigenvalue weighted by Crippen LogP contribution is -2.39. The van der Waals surface area contributed by atoms with E-state index in [9.17, 15) is 5.26 Å². The zero-order chi connectivity index (χ0) is 15.2. The smallest absolute Gasteiger partial charge is 0.220 e. The van der Waals surface area contributed by atoms with Gasteiger partial charge in [-0.2, -0.15) is 5.26 Å². The molecule has 0 amide bonds. The fourth-order valence-electron chi connectivity index (χ4n) is 3.59. The molecule has 0 unspecified atom stereocenters. The molecule has 22 heavy (non-hydrogen) atoms. The average molecular weight is 292 g/mol. The van der Waals surface area contributed by atoms with Gasteiger partial charge in [0.15, 0.2) is 5.60 Å². The summed E-state index contributed by atoms with van der Waals surface area (Å²) >= 11 is 0. The first-order chi connectivity index (χ1) is 10.7. The van der Waals surface area contributed by atoms with Gasteiger partial charge in [0.2, 0.25) is 5.95 Å². The van der Waals surface area contributed by atoms with Crippen LogP contribution in [0.25, 0.3) is 11.1 Å². The van der Waals surface area contributed by atoms with Gasteiger partial charge in [0.1, 0.15) is 11.8 Å². The Labute approximate surface area is 128 Å². The Morgan fingerprint density at radius 3 is 2.77 bits per heavy atom. The monoisotopic (exact) mass is 292 g/mol. The second-order valence-corrected chi connectivity index (χ2v) is 5.94. The van der Waals surface area contributed by atoms with Crippen molar-refractivity contribution >= 4 is 5.95 Å². The van der Waals surface area contributed by atoms with Crippen molar-refractivity contribution in [2.75, 3.05) is 5.73 Å². The fraction of sp³-hybridized carbons (Fsp3) is 0.353. The summed E-state index contributed by atoms with van der Waals surface area (Å²) in [5.41, 5.74) is 8.61. The second-order valence-electron chi connectivity index (χ2n) is 5.94. The molecule has 1 aliphatic carbocycles. The molecule has 2 heterocycles. The van der Waals surface area contributed by atoms with Crippen molar-refractivity contribution in [2.45, 2.75) is 37.7 Å². The molecule has 2 aliphatic rings. The fourth-order valence-corrected chi connectivity index (χ4v) is 3.59. The van der Waals surface area contributed by atoms with Crippen LogP contribution in [0, 0.1) is 11.3 Å². The molecule has 4 rings (SSSR count). The number of nitriles is 1. The van der Waals surface area contributed by atoms with Crippen LogP contribution in [0.1, 0.15) is 43.4 Å². The van der Waals surface area contributed by atoms with Gasteiger partial charge in [-0.05, 0) is 31.7 Å². The molecular formula is C17H16N4O. The quantitative estimate of drug-likeness (QED) is 0.806. The van der Waals surface area contributed by atoms with Gasteiger partial charge in [-0.1, -0.05) is 18.6 Å². The van der Waals surface area contributed by atoms with Crippen molar-refractivity contribution in [3.8, 4) is 22.9 Å². The van der Waals surface area contributed by atoms with Gasteiger partial charge in [-0.25, -0.2) is 9.97 Å². The highest BCUT2D eigenvalue weighted by atomic mass is 16.5. The number of hydrogen-bond acceptors (Lipinski definition) is 5. The van der Waals surface area contributed by atoms with Crippen molar-refractivity contribution in [3.63, 3.8) is 0 Å². The Bertz CT molecular complexity index is 788. The SMILES string of the molecule is N#Cc1cccc2c1OC1(CCCCC1)c1nc(N)ncc1-2. The van der Waals surface area contributed by atoms with Crippen LogP contribution in [-0.4, -0.2) is 9.97 Å². The minimum atomic E-state index is -0.468. The summed E-state index contributed by atoms with van der Waals surface area (Å²) in [5, 5.41) is 9.39. The van der Waals surface area contributed by atoms with Gasteiger partial charge in [0, 0.05) is 17.3 Å². The Kier molecular flexibility index (Phi) is 2.80. The van der Waals surface area contributed by atoms with Crippen LogP contribution in [-0.2, 0) is 5.60 Å². The normalized spacial score (nSPS) is 18.0. The van der Waals surface area contributed by atoms with Crippen LogP contribution < -0.4 is 10.5 Å². The third-order valence-electron chi connectivity index (χ3n) is 4.62. The lowest BCUT2D eigenvalue weighted by atomic mass is 9.77. The largest absolute Gasteiger partial charge is 0.479 e. The number of aromatic nitrogens is 2. The number of nitrogen functional groups attached to an aromatic ring is 1. The first-order valence-corrected chi connectivity index (χ1v) is 7.59. The van der Waals surface area contributed by atoms with E-state index in [1.54, 1.807) is 12.3 Å². The Hall–Kier alpha value is -2.61. The molecule has 1 aromatic heterocycles. The van der Waals surface area contributed by atoms with Crippen molar-refractivity contribution in [1.82, 2.24) is 9.97 Å². The number of anilines is 1. The maximum Gasteiger partial charge on any atom is 0.220 e. The van der Waals surface area contributed by atoms with E-state index in [1.807, 2.05) is 12.1 Å². The van der Waals surface area contributed by atoms with E-state index in [0.717, 1.165) is 42.5 Å². The molecule has 0 saturated heterocycles. The van der Waals surface area contributed by atoms with E-state index >= 15 is 0 Å². The summed E-state index contributed by atoms with van der Waals surface area (Å²) in [6.45, 7) is 0. The number of benzene rings is 1. The van der Waals surface area contributed by atoms with Gasteiger partial charge < -0.3 is 10.5 Å². The van der Waals surface area contributed by atoms with E-state index in [-0.39, 0.29) is 5.95 Å². The summed E-state index contributed by atoms with van der Waals surface area (Å²) in [7, 11) is 0. The summed E-state index contributed by atoms with van der Waals surface area (Å²) in [6, 6.07) is 7.83. The van der Waals surface area contributed by atoms with Crippen LogP contribution in [0.15, 0.2) is 24.4 Å². The predicted molar refractivity (Wildman–Crippen MR) is 82.0 cm³/mol. The Morgan fingerprint density at radius 2 is 2.00 bits per heavy atom. The summed E-state index contributed by atoms with van der Waals surface area (Å²) in [5.74, 6) is 0.931. The Morgan fingerprint density at radius 1 is 1.18 bits per heavy atom. The average Bonchev–Trinajstić information content (AvgIpc) is 2.56. The lowest BCUT2D eigenvalue weighted by Gasteiger charge is -2.41. The molecule has 5 heteroatoms. The number of para-hydroxylation sites is 1. The van der Waals surface area contributed by atoms with Gasteiger partial charge >= 0.3 is 0 Å². The van der Waals surface area contributed by atoms with Crippen molar-refractivity contribution in [1.29, 1.82) is 5.26 Å². The van der Waals surface area contributed by atoms with Crippen molar-refractivity contribution in [2.24, 2.45) is 0 Å². The van der Waals surface area contributed by atoms with Gasteiger partial charge in [-0.3, -0.25) is 0 Å². The zero-order valence-corrected chi connectivity index (χ0v) is 12.2. The standard InChI is InChI=1S/C17H16N4O/c18-9-11-5-4-6-12-13-10-20-16(19)21-15(13)17(22-14(11)12)7-2-1-3-8-17/h4-6,10H,1-3,7-8H2,(H2,19,20,21). The Balaban J connectivity index is 2.00. The highest BCUT2D eigenvalue weighted by Crippen LogP contribution is 2.51. The summed E-state index contributed by atoms with van der Waals surface area (Å²) in [6.07, 6.45) is 6.94. The number of ether oxygens (including phenoxy) is 1. The maximum absolute atomic E-state index is 9.39. The number of nitrogens with two attached hydrogens (primary N) is 1. The lowest BCUT2D eigenvalue weighted by molar-refractivity contribution is 0.0195. The first kappa shape index (κ1) is 13.1. The summed E-state index contributed by atoms with van der Waals surface area (Å²) in [4.78, 5) is 8.66. The third kappa shape index (κ3) is 1.77. The molecule has 1 aromatic carbocycles. The van der Waals surface area contributed by atoms with Crippen LogP contribution in [0.4, 0.5) is 5.95 Å². The topological polar surface area (TPSA) is 84.8 Å². The number of nitrogens with zero attached hydrogens (tertiary/aromatic N) is 3. The molecule has 0 atom stereocenters. The molecule has 0 bridgehead atoms. The molecule has 2 aromatic rings. The predicted octanol–water partition coefficient (Wildman–Crippen LogP) is 3.15. The van der Waals surface area contributed by atoms with E-state index in [0.29, 0.717) is 11.3 Å². The summed E-state index contributed by atoms with van der Waals surface area (Å²) < 4.78 is 6.40. The highest BCUT2D eigenvalue weighted by molar-refractivity contribution is 5.78. The van der Waals surface area contributed by atoms with Gasteiger partial charge in [-0.15, -0.1) is 0 Å². The van der Waals surface area contributed by atoms with Crippen LogP contribution in [0.5, 0.6) is 5.75 Å². The molecular weight excluding hydrogens is 276 g/mol. The molecule has 1 spiro atoms. The molecule has 1 aliphatic heterocycles. The van der Waals surface area contributed by atoms with Gasteiger partial charge in [0.25, 0.3) is 0 Å². The van der Waals surface area contributed by atoms with Crippen molar-refractivity contribution in [3.05, 3.63) is 35.7 Å². The zero-order valence-electron chi connectivity index (χ0n) is 12.2. The molecule has 110 valence electrons. The number of fused-ring (bicyclic) bond motifs is 4. The second kappa shape index (κ2) is 4.70. The van der Waals surface area contributed by atoms with Gasteiger partial charge in [0.05, 0.1) is 11.3 Å². The van der Waals surface area contributed by atoms with E-state index < -0.39 is 5.60 Å². The van der Waals surface area contributed by atoms with Crippen molar-refractivity contribution < 1.29 is 4.74 Å².